The second kappa shape index (κ2) is 8.35. The highest BCUT2D eigenvalue weighted by Gasteiger charge is 2.18. The second-order valence-corrected chi connectivity index (χ2v) is 7.82. The van der Waals surface area contributed by atoms with Crippen LogP contribution in [0.25, 0.3) is 10.6 Å². The summed E-state index contributed by atoms with van der Waals surface area (Å²) in [6.07, 6.45) is 0. The number of nitrogens with zero attached hydrogens (tertiary/aromatic N) is 1. The maximum atomic E-state index is 12.6. The van der Waals surface area contributed by atoms with Crippen LogP contribution in [0.5, 0.6) is 0 Å². The molecule has 2 aromatic carbocycles. The number of amides is 2. The predicted octanol–water partition coefficient (Wildman–Crippen LogP) is 4.88. The van der Waals surface area contributed by atoms with Gasteiger partial charge in [0.1, 0.15) is 5.01 Å². The van der Waals surface area contributed by atoms with E-state index in [4.69, 9.17) is 0 Å². The molecule has 6 heteroatoms. The molecule has 0 aliphatic rings. The lowest BCUT2D eigenvalue weighted by atomic mass is 10.1. The van der Waals surface area contributed by atoms with Crippen molar-refractivity contribution < 1.29 is 9.59 Å². The van der Waals surface area contributed by atoms with E-state index in [0.717, 1.165) is 21.1 Å². The first-order chi connectivity index (χ1) is 13.3. The molecule has 1 unspecified atom stereocenters. The third-order valence-electron chi connectivity index (χ3n) is 4.34. The van der Waals surface area contributed by atoms with Gasteiger partial charge in [-0.05, 0) is 45.0 Å². The lowest BCUT2D eigenvalue weighted by Crippen LogP contribution is -2.26. The number of anilines is 1. The summed E-state index contributed by atoms with van der Waals surface area (Å²) in [6.45, 7) is 7.44. The van der Waals surface area contributed by atoms with Crippen LogP contribution in [0.15, 0.2) is 48.5 Å². The maximum Gasteiger partial charge on any atom is 0.251 e. The quantitative estimate of drug-likeness (QED) is 0.649. The minimum absolute atomic E-state index is 0.143. The molecular weight excluding hydrogens is 370 g/mol. The topological polar surface area (TPSA) is 71.1 Å². The van der Waals surface area contributed by atoms with Crippen molar-refractivity contribution in [2.45, 2.75) is 33.7 Å². The van der Waals surface area contributed by atoms with Crippen molar-refractivity contribution in [2.75, 3.05) is 5.32 Å². The Morgan fingerprint density at radius 2 is 1.64 bits per heavy atom. The van der Waals surface area contributed by atoms with E-state index in [1.165, 1.54) is 12.5 Å². The second-order valence-electron chi connectivity index (χ2n) is 6.79. The van der Waals surface area contributed by atoms with Gasteiger partial charge in [-0.15, -0.1) is 11.3 Å². The molecule has 1 aromatic heterocycles. The lowest BCUT2D eigenvalue weighted by Gasteiger charge is -2.13. The number of aromatic nitrogens is 1. The van der Waals surface area contributed by atoms with Crippen LogP contribution in [0.3, 0.4) is 0 Å². The largest absolute Gasteiger partial charge is 0.345 e. The highest BCUT2D eigenvalue weighted by Crippen LogP contribution is 2.32. The Bertz CT molecular complexity index is 992. The molecule has 5 nitrogen and oxygen atoms in total. The molecular formula is C22H23N3O2S. The van der Waals surface area contributed by atoms with Gasteiger partial charge in [-0.3, -0.25) is 9.59 Å². The average Bonchev–Trinajstić information content (AvgIpc) is 3.04. The molecule has 0 saturated heterocycles. The van der Waals surface area contributed by atoms with Crippen molar-refractivity contribution >= 4 is 28.8 Å². The highest BCUT2D eigenvalue weighted by molar-refractivity contribution is 7.15. The Balaban J connectivity index is 1.72. The SMILES string of the molecule is CC(=O)Nc1ccc(C(=O)NC(C)c2sc(-c3ccc(C)cc3)nc2C)cc1. The van der Waals surface area contributed by atoms with Crippen LogP contribution in [0.1, 0.15) is 46.4 Å². The molecule has 0 radical (unpaired) electrons. The Kier molecular flexibility index (Phi) is 5.90. The van der Waals surface area contributed by atoms with Gasteiger partial charge in [0.2, 0.25) is 5.91 Å². The summed E-state index contributed by atoms with van der Waals surface area (Å²) in [4.78, 5) is 29.4. The van der Waals surface area contributed by atoms with Crippen LogP contribution in [0.2, 0.25) is 0 Å². The fourth-order valence-electron chi connectivity index (χ4n) is 2.88. The van der Waals surface area contributed by atoms with Crippen LogP contribution >= 0.6 is 11.3 Å². The number of thiazole rings is 1. The van der Waals surface area contributed by atoms with Crippen molar-refractivity contribution in [1.82, 2.24) is 10.3 Å². The van der Waals surface area contributed by atoms with Crippen LogP contribution < -0.4 is 10.6 Å². The Morgan fingerprint density at radius 1 is 1.00 bits per heavy atom. The van der Waals surface area contributed by atoms with E-state index < -0.39 is 0 Å². The van der Waals surface area contributed by atoms with E-state index in [9.17, 15) is 9.59 Å². The summed E-state index contributed by atoms with van der Waals surface area (Å²) >= 11 is 1.60. The van der Waals surface area contributed by atoms with Crippen molar-refractivity contribution in [1.29, 1.82) is 0 Å². The molecule has 2 N–H and O–H groups in total. The van der Waals surface area contributed by atoms with Crippen molar-refractivity contribution in [3.8, 4) is 10.6 Å². The molecule has 1 atom stereocenters. The van der Waals surface area contributed by atoms with E-state index in [1.807, 2.05) is 13.8 Å². The fraction of sp³-hybridized carbons (Fsp3) is 0.227. The molecule has 0 aliphatic carbocycles. The van der Waals surface area contributed by atoms with Gasteiger partial charge in [-0.25, -0.2) is 4.98 Å². The molecule has 1 heterocycles. The van der Waals surface area contributed by atoms with Crippen molar-refractivity contribution in [3.63, 3.8) is 0 Å². The Morgan fingerprint density at radius 3 is 2.25 bits per heavy atom. The molecule has 28 heavy (non-hydrogen) atoms. The smallest absolute Gasteiger partial charge is 0.251 e. The molecule has 0 fully saturated rings. The molecule has 144 valence electrons. The van der Waals surface area contributed by atoms with E-state index >= 15 is 0 Å². The van der Waals surface area contributed by atoms with Gasteiger partial charge in [-0.2, -0.15) is 0 Å². The zero-order valence-corrected chi connectivity index (χ0v) is 17.2. The van der Waals surface area contributed by atoms with Gasteiger partial charge >= 0.3 is 0 Å². The van der Waals surface area contributed by atoms with Crippen LogP contribution in [0.4, 0.5) is 5.69 Å². The number of carbonyl (C=O) groups is 2. The van der Waals surface area contributed by atoms with Gasteiger partial charge in [0, 0.05) is 23.7 Å². The molecule has 3 rings (SSSR count). The van der Waals surface area contributed by atoms with Gasteiger partial charge in [0.15, 0.2) is 0 Å². The molecule has 0 aliphatic heterocycles. The van der Waals surface area contributed by atoms with Gasteiger partial charge < -0.3 is 10.6 Å². The normalized spacial score (nSPS) is 11.7. The predicted molar refractivity (Wildman–Crippen MR) is 114 cm³/mol. The summed E-state index contributed by atoms with van der Waals surface area (Å²) in [5, 5.41) is 6.67. The summed E-state index contributed by atoms with van der Waals surface area (Å²) < 4.78 is 0. The minimum atomic E-state index is -0.161. The number of nitrogens with one attached hydrogen (secondary N) is 2. The van der Waals surface area contributed by atoms with E-state index in [-0.39, 0.29) is 17.9 Å². The van der Waals surface area contributed by atoms with Crippen molar-refractivity contribution in [2.24, 2.45) is 0 Å². The first-order valence-electron chi connectivity index (χ1n) is 9.06. The minimum Gasteiger partial charge on any atom is -0.345 e. The van der Waals surface area contributed by atoms with Gasteiger partial charge in [0.05, 0.1) is 16.6 Å². The fourth-order valence-corrected chi connectivity index (χ4v) is 3.96. The van der Waals surface area contributed by atoms with Gasteiger partial charge in [0.25, 0.3) is 5.91 Å². The Hall–Kier alpha value is -2.99. The monoisotopic (exact) mass is 393 g/mol. The van der Waals surface area contributed by atoms with E-state index in [2.05, 4.69) is 46.8 Å². The summed E-state index contributed by atoms with van der Waals surface area (Å²) in [5.74, 6) is -0.303. The number of aryl methyl sites for hydroxylation is 2. The zero-order valence-electron chi connectivity index (χ0n) is 16.4. The van der Waals surface area contributed by atoms with Crippen LogP contribution in [0, 0.1) is 13.8 Å². The number of benzene rings is 2. The first-order valence-corrected chi connectivity index (χ1v) is 9.88. The number of hydrogen-bond donors (Lipinski definition) is 2. The maximum absolute atomic E-state index is 12.6. The zero-order chi connectivity index (χ0) is 20.3. The number of hydrogen-bond acceptors (Lipinski definition) is 4. The molecule has 3 aromatic rings. The molecule has 0 saturated carbocycles. The van der Waals surface area contributed by atoms with Crippen molar-refractivity contribution in [3.05, 3.63) is 70.2 Å². The van der Waals surface area contributed by atoms with Gasteiger partial charge in [-0.1, -0.05) is 29.8 Å². The van der Waals surface area contributed by atoms with E-state index in [0.29, 0.717) is 11.3 Å². The highest BCUT2D eigenvalue weighted by atomic mass is 32.1. The molecule has 0 bridgehead atoms. The molecule has 0 spiro atoms. The number of carbonyl (C=O) groups excluding carboxylic acids is 2. The van der Waals surface area contributed by atoms with E-state index in [1.54, 1.807) is 35.6 Å². The summed E-state index contributed by atoms with van der Waals surface area (Å²) in [7, 11) is 0. The summed E-state index contributed by atoms with van der Waals surface area (Å²) in [6, 6.07) is 15.0. The first kappa shape index (κ1) is 19.8. The number of rotatable bonds is 5. The summed E-state index contributed by atoms with van der Waals surface area (Å²) in [5.41, 5.74) is 4.42. The third kappa shape index (κ3) is 4.64. The third-order valence-corrected chi connectivity index (χ3v) is 5.73. The lowest BCUT2D eigenvalue weighted by molar-refractivity contribution is -0.114. The standard InChI is InChI=1S/C22H23N3O2S/c1-13-5-7-18(8-6-13)22-24-15(3)20(28-22)14(2)23-21(27)17-9-11-19(12-10-17)25-16(4)26/h5-12,14H,1-4H3,(H,23,27)(H,25,26). The van der Waals surface area contributed by atoms with Crippen LogP contribution in [-0.2, 0) is 4.79 Å². The Labute approximate surface area is 168 Å². The molecule has 2 amide bonds. The average molecular weight is 394 g/mol. The van der Waals surface area contributed by atoms with Crippen LogP contribution in [-0.4, -0.2) is 16.8 Å².